The third kappa shape index (κ3) is 3.33. The second-order valence-electron chi connectivity index (χ2n) is 7.18. The highest BCUT2D eigenvalue weighted by atomic mass is 15.2. The van der Waals surface area contributed by atoms with Gasteiger partial charge in [0.1, 0.15) is 0 Å². The molecule has 4 rings (SSSR count). The molecule has 2 heterocycles. The number of hydrogen-bond donors (Lipinski definition) is 1. The first-order chi connectivity index (χ1) is 12.5. The summed E-state index contributed by atoms with van der Waals surface area (Å²) in [4.78, 5) is 18.6. The van der Waals surface area contributed by atoms with E-state index in [0.29, 0.717) is 11.9 Å². The maximum atomic E-state index is 4.77. The smallest absolute Gasteiger partial charge is 0.230 e. The summed E-state index contributed by atoms with van der Waals surface area (Å²) in [7, 11) is 0. The van der Waals surface area contributed by atoms with Crippen LogP contribution >= 0.6 is 0 Å². The first kappa shape index (κ1) is 16.4. The van der Waals surface area contributed by atoms with Crippen molar-refractivity contribution in [2.45, 2.75) is 32.7 Å². The second-order valence-corrected chi connectivity index (χ2v) is 7.18. The van der Waals surface area contributed by atoms with Gasteiger partial charge >= 0.3 is 0 Å². The maximum absolute atomic E-state index is 4.77. The third-order valence-corrected chi connectivity index (χ3v) is 4.27. The van der Waals surface area contributed by atoms with Gasteiger partial charge < -0.3 is 0 Å². The van der Waals surface area contributed by atoms with Crippen molar-refractivity contribution in [1.82, 2.24) is 9.97 Å². The number of anilines is 1. The topological polar surface area (TPSA) is 62.5 Å². The predicted octanol–water partition coefficient (Wildman–Crippen LogP) is 4.71. The van der Waals surface area contributed by atoms with Gasteiger partial charge in [-0.05, 0) is 26.8 Å². The number of nitrogens with one attached hydrogen (secondary N) is 1. The normalized spacial score (nSPS) is 16.1. The van der Waals surface area contributed by atoms with Crippen LogP contribution in [0.15, 0.2) is 64.6 Å². The van der Waals surface area contributed by atoms with Crippen LogP contribution in [0.3, 0.4) is 0 Å². The van der Waals surface area contributed by atoms with Gasteiger partial charge in [-0.3, -0.25) is 5.32 Å². The quantitative estimate of drug-likeness (QED) is 0.733. The number of aliphatic imine (C=N–C) groups is 2. The third-order valence-electron chi connectivity index (χ3n) is 4.27. The summed E-state index contributed by atoms with van der Waals surface area (Å²) in [6.07, 6.45) is 0.853. The summed E-state index contributed by atoms with van der Waals surface area (Å²) in [5, 5.41) is 4.23. The van der Waals surface area contributed by atoms with Crippen LogP contribution in [0.4, 0.5) is 5.95 Å². The first-order valence-electron chi connectivity index (χ1n) is 8.73. The van der Waals surface area contributed by atoms with Crippen LogP contribution in [-0.4, -0.2) is 27.2 Å². The van der Waals surface area contributed by atoms with Gasteiger partial charge in [-0.1, -0.05) is 48.5 Å². The number of rotatable bonds is 2. The van der Waals surface area contributed by atoms with Gasteiger partial charge in [0.05, 0.1) is 16.7 Å². The highest BCUT2D eigenvalue weighted by Gasteiger charge is 2.23. The molecule has 2 aromatic carbocycles. The lowest BCUT2D eigenvalue weighted by Crippen LogP contribution is -2.30. The number of para-hydroxylation sites is 1. The summed E-state index contributed by atoms with van der Waals surface area (Å²) in [6, 6.07) is 18.2. The molecular formula is C21H21N5. The molecule has 5 heteroatoms. The van der Waals surface area contributed by atoms with Crippen LogP contribution in [0.5, 0.6) is 0 Å². The number of hydrogen-bond acceptors (Lipinski definition) is 5. The molecule has 3 aromatic rings. The first-order valence-corrected chi connectivity index (χ1v) is 8.73. The molecule has 26 heavy (non-hydrogen) atoms. The summed E-state index contributed by atoms with van der Waals surface area (Å²) >= 11 is 0. The van der Waals surface area contributed by atoms with Crippen molar-refractivity contribution in [3.8, 4) is 11.3 Å². The molecule has 130 valence electrons. The Morgan fingerprint density at radius 3 is 2.42 bits per heavy atom. The van der Waals surface area contributed by atoms with E-state index in [4.69, 9.17) is 4.98 Å². The summed E-state index contributed by atoms with van der Waals surface area (Å²) in [5.41, 5.74) is 3.72. The minimum Gasteiger partial charge on any atom is -0.293 e. The average molecular weight is 343 g/mol. The number of aromatic nitrogens is 2. The minimum atomic E-state index is -0.173. The van der Waals surface area contributed by atoms with E-state index in [-0.39, 0.29) is 5.54 Å². The van der Waals surface area contributed by atoms with Gasteiger partial charge in [0.15, 0.2) is 0 Å². The summed E-state index contributed by atoms with van der Waals surface area (Å²) in [5.74, 6) is 1.07. The molecule has 1 aromatic heterocycles. The maximum Gasteiger partial charge on any atom is 0.230 e. The lowest BCUT2D eigenvalue weighted by atomic mass is 9.98. The predicted molar refractivity (Wildman–Crippen MR) is 108 cm³/mol. The van der Waals surface area contributed by atoms with Crippen LogP contribution < -0.4 is 5.32 Å². The lowest BCUT2D eigenvalue weighted by Gasteiger charge is -2.24. The second kappa shape index (κ2) is 6.33. The highest BCUT2D eigenvalue weighted by molar-refractivity contribution is 6.05. The van der Waals surface area contributed by atoms with Crippen molar-refractivity contribution in [3.63, 3.8) is 0 Å². The highest BCUT2D eigenvalue weighted by Crippen LogP contribution is 2.27. The van der Waals surface area contributed by atoms with Crippen molar-refractivity contribution in [2.75, 3.05) is 5.32 Å². The Morgan fingerprint density at radius 2 is 1.65 bits per heavy atom. The molecule has 0 aliphatic carbocycles. The van der Waals surface area contributed by atoms with Crippen LogP contribution in [0.1, 0.15) is 27.2 Å². The largest absolute Gasteiger partial charge is 0.293 e. The summed E-state index contributed by atoms with van der Waals surface area (Å²) in [6.45, 7) is 6.22. The van der Waals surface area contributed by atoms with Crippen LogP contribution in [-0.2, 0) is 0 Å². The Hall–Kier alpha value is -3.08. The Bertz CT molecular complexity index is 1020. The molecule has 5 nitrogen and oxygen atoms in total. The Balaban J connectivity index is 1.81. The average Bonchev–Trinajstić information content (AvgIpc) is 2.60. The zero-order chi connectivity index (χ0) is 18.1. The van der Waals surface area contributed by atoms with Gasteiger partial charge in [0.2, 0.25) is 11.9 Å². The fraction of sp³-hybridized carbons (Fsp3) is 0.238. The Morgan fingerprint density at radius 1 is 0.923 bits per heavy atom. The molecule has 0 saturated carbocycles. The molecule has 1 aliphatic heterocycles. The monoisotopic (exact) mass is 343 g/mol. The van der Waals surface area contributed by atoms with E-state index in [9.17, 15) is 0 Å². The Labute approximate surface area is 152 Å². The van der Waals surface area contributed by atoms with Crippen molar-refractivity contribution in [3.05, 3.63) is 54.6 Å². The van der Waals surface area contributed by atoms with Gasteiger partial charge in [-0.25, -0.2) is 20.0 Å². The van der Waals surface area contributed by atoms with Crippen LogP contribution in [0, 0.1) is 0 Å². The molecule has 0 bridgehead atoms. The van der Waals surface area contributed by atoms with E-state index in [1.807, 2.05) is 49.4 Å². The van der Waals surface area contributed by atoms with E-state index in [0.717, 1.165) is 34.3 Å². The van der Waals surface area contributed by atoms with E-state index >= 15 is 0 Å². The number of guanidine groups is 1. The van der Waals surface area contributed by atoms with E-state index in [2.05, 4.69) is 46.3 Å². The van der Waals surface area contributed by atoms with Crippen molar-refractivity contribution in [1.29, 1.82) is 0 Å². The molecule has 1 aliphatic rings. The van der Waals surface area contributed by atoms with Crippen molar-refractivity contribution < 1.29 is 0 Å². The zero-order valence-corrected chi connectivity index (χ0v) is 15.2. The molecular weight excluding hydrogens is 322 g/mol. The van der Waals surface area contributed by atoms with E-state index in [1.54, 1.807) is 0 Å². The molecule has 0 radical (unpaired) electrons. The van der Waals surface area contributed by atoms with Gasteiger partial charge in [0.25, 0.3) is 0 Å². The SMILES string of the molecule is CC1=NC(Nc2nc(-c3ccccc3)c3ccccc3n2)=NC(C)(C)C1. The molecule has 0 amide bonds. The van der Waals surface area contributed by atoms with E-state index < -0.39 is 0 Å². The molecule has 0 fully saturated rings. The fourth-order valence-corrected chi connectivity index (χ4v) is 3.30. The molecule has 0 unspecified atom stereocenters. The van der Waals surface area contributed by atoms with Gasteiger partial charge in [-0.2, -0.15) is 0 Å². The van der Waals surface area contributed by atoms with Crippen LogP contribution in [0.25, 0.3) is 22.2 Å². The molecule has 1 N–H and O–H groups in total. The van der Waals surface area contributed by atoms with Crippen molar-refractivity contribution >= 4 is 28.5 Å². The summed E-state index contributed by atoms with van der Waals surface area (Å²) < 4.78 is 0. The van der Waals surface area contributed by atoms with Crippen molar-refractivity contribution in [2.24, 2.45) is 9.98 Å². The fourth-order valence-electron chi connectivity index (χ4n) is 3.30. The Kier molecular flexibility index (Phi) is 3.99. The minimum absolute atomic E-state index is 0.173. The number of benzene rings is 2. The molecule has 0 saturated heterocycles. The van der Waals surface area contributed by atoms with Gasteiger partial charge in [0, 0.05) is 23.1 Å². The standard InChI is InChI=1S/C21H21N5/c1-14-13-21(2,3)26-20(22-14)25-19-23-17-12-8-7-11-16(17)18(24-19)15-9-5-4-6-10-15/h4-12H,13H2,1-3H3,(H,23,24,25,26). The molecule has 0 spiro atoms. The number of nitrogens with zero attached hydrogens (tertiary/aromatic N) is 4. The van der Waals surface area contributed by atoms with E-state index in [1.165, 1.54) is 0 Å². The molecule has 0 atom stereocenters. The lowest BCUT2D eigenvalue weighted by molar-refractivity contribution is 0.538. The number of fused-ring (bicyclic) bond motifs is 1. The van der Waals surface area contributed by atoms with Crippen LogP contribution in [0.2, 0.25) is 0 Å². The van der Waals surface area contributed by atoms with Gasteiger partial charge in [-0.15, -0.1) is 0 Å². The zero-order valence-electron chi connectivity index (χ0n) is 15.2.